The minimum atomic E-state index is -0.101. The first-order valence-electron chi connectivity index (χ1n) is 6.29. The van der Waals surface area contributed by atoms with Crippen LogP contribution in [0.5, 0.6) is 0 Å². The maximum atomic E-state index is 12.3. The van der Waals surface area contributed by atoms with Crippen LogP contribution in [0.3, 0.4) is 0 Å². The minimum Gasteiger partial charge on any atom is -0.292 e. The van der Waals surface area contributed by atoms with Gasteiger partial charge in [0, 0.05) is 12.0 Å². The summed E-state index contributed by atoms with van der Waals surface area (Å²) in [4.78, 5) is 12.3. The number of aromatic nitrogens is 2. The van der Waals surface area contributed by atoms with Crippen molar-refractivity contribution in [3.05, 3.63) is 71.9 Å². The van der Waals surface area contributed by atoms with Crippen molar-refractivity contribution in [3.8, 4) is 11.3 Å². The number of hydrogen-bond donors (Lipinski definition) is 0. The number of rotatable bonds is 4. The molecule has 0 aliphatic carbocycles. The van der Waals surface area contributed by atoms with Gasteiger partial charge < -0.3 is 0 Å². The third-order valence-electron chi connectivity index (χ3n) is 3.01. The Morgan fingerprint density at radius 1 is 0.900 bits per heavy atom. The summed E-state index contributed by atoms with van der Waals surface area (Å²) in [5, 5.41) is 7.60. The van der Waals surface area contributed by atoms with E-state index in [1.165, 1.54) is 0 Å². The largest absolute Gasteiger partial charge is 0.292 e. The SMILES string of the molecule is O=C(Cc1ccccc1)c1nonc1-c1ccccc1. The van der Waals surface area contributed by atoms with Gasteiger partial charge in [-0.15, -0.1) is 0 Å². The summed E-state index contributed by atoms with van der Waals surface area (Å²) in [5.41, 5.74) is 2.54. The lowest BCUT2D eigenvalue weighted by atomic mass is 10.0. The fraction of sp³-hybridized carbons (Fsp3) is 0.0625. The first-order chi connectivity index (χ1) is 9.84. The molecule has 0 atom stereocenters. The highest BCUT2D eigenvalue weighted by Crippen LogP contribution is 2.21. The van der Waals surface area contributed by atoms with E-state index in [4.69, 9.17) is 4.63 Å². The Balaban J connectivity index is 1.88. The molecule has 0 unspecified atom stereocenters. The van der Waals surface area contributed by atoms with E-state index in [0.717, 1.165) is 11.1 Å². The van der Waals surface area contributed by atoms with Crippen molar-refractivity contribution in [3.63, 3.8) is 0 Å². The van der Waals surface area contributed by atoms with Gasteiger partial charge in [-0.1, -0.05) is 60.7 Å². The molecule has 0 spiro atoms. The first-order valence-corrected chi connectivity index (χ1v) is 6.29. The Hall–Kier alpha value is -2.75. The molecule has 4 heteroatoms. The number of carbonyl (C=O) groups excluding carboxylic acids is 1. The third-order valence-corrected chi connectivity index (χ3v) is 3.01. The molecule has 3 rings (SSSR count). The van der Waals surface area contributed by atoms with Gasteiger partial charge in [-0.05, 0) is 15.9 Å². The standard InChI is InChI=1S/C16H12N2O2/c19-14(11-12-7-3-1-4-8-12)16-15(17-20-18-16)13-9-5-2-6-10-13/h1-10H,11H2. The van der Waals surface area contributed by atoms with Crippen LogP contribution in [-0.2, 0) is 6.42 Å². The quantitative estimate of drug-likeness (QED) is 0.679. The van der Waals surface area contributed by atoms with Crippen molar-refractivity contribution in [2.45, 2.75) is 6.42 Å². The Labute approximate surface area is 116 Å². The monoisotopic (exact) mass is 264 g/mol. The second kappa shape index (κ2) is 5.48. The van der Waals surface area contributed by atoms with E-state index in [9.17, 15) is 4.79 Å². The molecule has 98 valence electrons. The second-order valence-electron chi connectivity index (χ2n) is 4.41. The molecule has 0 aliphatic heterocycles. The lowest BCUT2D eigenvalue weighted by Gasteiger charge is -2.00. The molecule has 0 N–H and O–H groups in total. The summed E-state index contributed by atoms with van der Waals surface area (Å²) in [6, 6.07) is 19.0. The molecule has 20 heavy (non-hydrogen) atoms. The molecular weight excluding hydrogens is 252 g/mol. The summed E-state index contributed by atoms with van der Waals surface area (Å²) in [5.74, 6) is -0.101. The lowest BCUT2D eigenvalue weighted by Crippen LogP contribution is -2.05. The molecule has 0 fully saturated rings. The minimum absolute atomic E-state index is 0.101. The molecule has 1 heterocycles. The van der Waals surface area contributed by atoms with E-state index >= 15 is 0 Å². The zero-order chi connectivity index (χ0) is 13.8. The van der Waals surface area contributed by atoms with Gasteiger partial charge in [0.1, 0.15) is 5.69 Å². The molecule has 1 aromatic heterocycles. The summed E-state index contributed by atoms with van der Waals surface area (Å²) in [6.45, 7) is 0. The van der Waals surface area contributed by atoms with Crippen molar-refractivity contribution >= 4 is 5.78 Å². The molecule has 0 saturated carbocycles. The Kier molecular flexibility index (Phi) is 3.37. The van der Waals surface area contributed by atoms with Crippen molar-refractivity contribution in [1.29, 1.82) is 0 Å². The van der Waals surface area contributed by atoms with Gasteiger partial charge >= 0.3 is 0 Å². The van der Waals surface area contributed by atoms with Crippen molar-refractivity contribution < 1.29 is 9.42 Å². The molecule has 4 nitrogen and oxygen atoms in total. The Morgan fingerprint density at radius 2 is 1.55 bits per heavy atom. The molecular formula is C16H12N2O2. The van der Waals surface area contributed by atoms with Gasteiger partial charge in [-0.3, -0.25) is 4.79 Å². The van der Waals surface area contributed by atoms with Gasteiger partial charge in [0.15, 0.2) is 11.5 Å². The van der Waals surface area contributed by atoms with Gasteiger partial charge in [0.25, 0.3) is 0 Å². The fourth-order valence-electron chi connectivity index (χ4n) is 2.02. The van der Waals surface area contributed by atoms with Gasteiger partial charge in [0.2, 0.25) is 0 Å². The van der Waals surface area contributed by atoms with Crippen LogP contribution in [0, 0.1) is 0 Å². The van der Waals surface area contributed by atoms with Crippen LogP contribution in [0.2, 0.25) is 0 Å². The highest BCUT2D eigenvalue weighted by atomic mass is 16.6. The van der Waals surface area contributed by atoms with E-state index < -0.39 is 0 Å². The maximum Gasteiger partial charge on any atom is 0.191 e. The molecule has 0 saturated heterocycles. The average molecular weight is 264 g/mol. The predicted octanol–water partition coefficient (Wildman–Crippen LogP) is 3.16. The zero-order valence-corrected chi connectivity index (χ0v) is 10.7. The fourth-order valence-corrected chi connectivity index (χ4v) is 2.02. The van der Waals surface area contributed by atoms with Crippen LogP contribution >= 0.6 is 0 Å². The summed E-state index contributed by atoms with van der Waals surface area (Å²) in [6.07, 6.45) is 0.287. The third kappa shape index (κ3) is 2.49. The molecule has 0 radical (unpaired) electrons. The number of carbonyl (C=O) groups is 1. The van der Waals surface area contributed by atoms with Gasteiger partial charge in [-0.25, -0.2) is 4.63 Å². The molecule has 0 bridgehead atoms. The van der Waals surface area contributed by atoms with Crippen LogP contribution in [-0.4, -0.2) is 16.1 Å². The second-order valence-corrected chi connectivity index (χ2v) is 4.41. The lowest BCUT2D eigenvalue weighted by molar-refractivity contribution is 0.0984. The molecule has 0 aliphatic rings. The number of ketones is 1. The van der Waals surface area contributed by atoms with Gasteiger partial charge in [-0.2, -0.15) is 0 Å². The highest BCUT2D eigenvalue weighted by molar-refractivity contribution is 6.00. The Bertz CT molecular complexity index is 706. The Morgan fingerprint density at radius 3 is 2.25 bits per heavy atom. The first kappa shape index (κ1) is 12.3. The van der Waals surface area contributed by atoms with E-state index in [2.05, 4.69) is 10.3 Å². The topological polar surface area (TPSA) is 56.0 Å². The predicted molar refractivity (Wildman–Crippen MR) is 74.2 cm³/mol. The maximum absolute atomic E-state index is 12.3. The van der Waals surface area contributed by atoms with E-state index in [-0.39, 0.29) is 17.9 Å². The summed E-state index contributed by atoms with van der Waals surface area (Å²) >= 11 is 0. The van der Waals surface area contributed by atoms with E-state index in [1.807, 2.05) is 60.7 Å². The molecule has 2 aromatic carbocycles. The number of hydrogen-bond acceptors (Lipinski definition) is 4. The van der Waals surface area contributed by atoms with Crippen LogP contribution in [0.1, 0.15) is 16.1 Å². The number of benzene rings is 2. The molecule has 0 amide bonds. The normalized spacial score (nSPS) is 10.4. The van der Waals surface area contributed by atoms with Gasteiger partial charge in [0.05, 0.1) is 0 Å². The molecule has 3 aromatic rings. The average Bonchev–Trinajstić information content (AvgIpc) is 2.99. The smallest absolute Gasteiger partial charge is 0.191 e. The van der Waals surface area contributed by atoms with Crippen LogP contribution in [0.4, 0.5) is 0 Å². The van der Waals surface area contributed by atoms with E-state index in [1.54, 1.807) is 0 Å². The zero-order valence-electron chi connectivity index (χ0n) is 10.7. The van der Waals surface area contributed by atoms with Crippen molar-refractivity contribution in [2.24, 2.45) is 0 Å². The number of Topliss-reactive ketones (excluding diaryl/α,β-unsaturated/α-hetero) is 1. The highest BCUT2D eigenvalue weighted by Gasteiger charge is 2.19. The van der Waals surface area contributed by atoms with Crippen LogP contribution < -0.4 is 0 Å². The van der Waals surface area contributed by atoms with Crippen molar-refractivity contribution in [1.82, 2.24) is 10.3 Å². The van der Waals surface area contributed by atoms with Crippen molar-refractivity contribution in [2.75, 3.05) is 0 Å². The summed E-state index contributed by atoms with van der Waals surface area (Å²) in [7, 11) is 0. The number of nitrogens with zero attached hydrogens (tertiary/aromatic N) is 2. The van der Waals surface area contributed by atoms with E-state index in [0.29, 0.717) is 5.69 Å². The van der Waals surface area contributed by atoms with Crippen LogP contribution in [0.25, 0.3) is 11.3 Å². The summed E-state index contributed by atoms with van der Waals surface area (Å²) < 4.78 is 4.74. The van der Waals surface area contributed by atoms with Crippen LogP contribution in [0.15, 0.2) is 65.3 Å².